The van der Waals surface area contributed by atoms with Crippen molar-refractivity contribution in [3.05, 3.63) is 0 Å². The highest BCUT2D eigenvalue weighted by Gasteiger charge is 2.30. The molecule has 0 fully saturated rings. The first-order chi connectivity index (χ1) is 43.5. The number of phosphoric ester groups is 2. The molecule has 534 valence electrons. The number of esters is 4. The van der Waals surface area contributed by atoms with E-state index < -0.39 is 97.5 Å². The molecule has 0 radical (unpaired) electrons. The quantitative estimate of drug-likeness (QED) is 0.0222. The number of carbonyl (C=O) groups is 4. The van der Waals surface area contributed by atoms with E-state index in [9.17, 15) is 43.2 Å². The average Bonchev–Trinajstić information content (AvgIpc) is 3.66. The number of carbonyl (C=O) groups excluding carboxylic acids is 4. The predicted molar refractivity (Wildman–Crippen MR) is 363 cm³/mol. The van der Waals surface area contributed by atoms with E-state index in [-0.39, 0.29) is 25.7 Å². The largest absolute Gasteiger partial charge is 0.472 e. The van der Waals surface area contributed by atoms with E-state index in [1.165, 1.54) is 193 Å². The second kappa shape index (κ2) is 64.4. The molecule has 19 heteroatoms. The standard InChI is InChI=1S/C71H138O17P2/c1-6-9-12-15-18-21-24-26-27-29-31-36-41-46-51-56-70(75)87-66(61-82-69(74)55-50-45-40-35-30-28-25-22-19-16-13-10-7-2)62-85-89(77,78)83-58-65(72)59-84-90(79,80)86-63-67(60-81-68(73)54-49-44-39-34-23-20-17-14-11-8-3)88-71(76)57-52-47-42-37-32-33-38-43-48-53-64(4)5/h64-67,72H,6-63H2,1-5H3,(H,77,78)(H,79,80)/t65-,66-,67-/m1/s1. The van der Waals surface area contributed by atoms with E-state index in [1.54, 1.807) is 0 Å². The molecule has 0 saturated carbocycles. The van der Waals surface area contributed by atoms with Gasteiger partial charge in [0.1, 0.15) is 19.3 Å². The van der Waals surface area contributed by atoms with Gasteiger partial charge in [-0.3, -0.25) is 37.3 Å². The second-order valence-corrected chi connectivity index (χ2v) is 29.0. The van der Waals surface area contributed by atoms with Gasteiger partial charge in [0.15, 0.2) is 12.2 Å². The van der Waals surface area contributed by atoms with Crippen LogP contribution in [0.3, 0.4) is 0 Å². The third kappa shape index (κ3) is 64.8. The zero-order valence-corrected chi connectivity index (χ0v) is 60.1. The van der Waals surface area contributed by atoms with Gasteiger partial charge in [0.05, 0.1) is 26.4 Å². The van der Waals surface area contributed by atoms with Gasteiger partial charge in [0.25, 0.3) is 0 Å². The Morgan fingerprint density at radius 3 is 0.756 bits per heavy atom. The van der Waals surface area contributed by atoms with Crippen LogP contribution in [0, 0.1) is 5.92 Å². The smallest absolute Gasteiger partial charge is 0.462 e. The van der Waals surface area contributed by atoms with Gasteiger partial charge in [-0.05, 0) is 31.6 Å². The number of phosphoric acid groups is 2. The summed E-state index contributed by atoms with van der Waals surface area (Å²) in [6.07, 6.45) is 51.2. The first-order valence-electron chi connectivity index (χ1n) is 37.1. The van der Waals surface area contributed by atoms with Crippen LogP contribution in [0.25, 0.3) is 0 Å². The molecule has 0 bridgehead atoms. The highest BCUT2D eigenvalue weighted by atomic mass is 31.2. The summed E-state index contributed by atoms with van der Waals surface area (Å²) < 4.78 is 68.3. The molecule has 0 heterocycles. The first kappa shape index (κ1) is 88.1. The Hall–Kier alpha value is -1.94. The molecule has 0 rings (SSSR count). The van der Waals surface area contributed by atoms with Crippen molar-refractivity contribution in [2.24, 2.45) is 5.92 Å². The zero-order chi connectivity index (χ0) is 66.3. The number of unbranched alkanes of at least 4 members (excludes halogenated alkanes) is 43. The summed E-state index contributed by atoms with van der Waals surface area (Å²) in [4.78, 5) is 72.6. The van der Waals surface area contributed by atoms with Crippen molar-refractivity contribution in [1.29, 1.82) is 0 Å². The third-order valence-electron chi connectivity index (χ3n) is 16.5. The van der Waals surface area contributed by atoms with Gasteiger partial charge in [-0.15, -0.1) is 0 Å². The van der Waals surface area contributed by atoms with Gasteiger partial charge in [-0.25, -0.2) is 9.13 Å². The fourth-order valence-corrected chi connectivity index (χ4v) is 12.4. The maximum absolute atomic E-state index is 13.0. The topological polar surface area (TPSA) is 237 Å². The number of ether oxygens (including phenoxy) is 4. The molecular weight excluding hydrogens is 1190 g/mol. The number of hydrogen-bond acceptors (Lipinski definition) is 15. The van der Waals surface area contributed by atoms with Crippen molar-refractivity contribution in [3.8, 4) is 0 Å². The molecule has 3 N–H and O–H groups in total. The van der Waals surface area contributed by atoms with Gasteiger partial charge >= 0.3 is 39.5 Å². The van der Waals surface area contributed by atoms with Crippen molar-refractivity contribution in [2.45, 2.75) is 387 Å². The summed E-state index contributed by atoms with van der Waals surface area (Å²) in [5, 5.41) is 10.6. The SMILES string of the molecule is CCCCCCCCCCCCCCCCCC(=O)O[C@H](COC(=O)CCCCCCCCCCCCCCC)COP(=O)(O)OC[C@@H](O)COP(=O)(O)OC[C@@H](COC(=O)CCCCCCCCCCCC)OC(=O)CCCCCCCCCCCC(C)C. The van der Waals surface area contributed by atoms with Gasteiger partial charge in [0, 0.05) is 25.7 Å². The van der Waals surface area contributed by atoms with Gasteiger partial charge in [-0.1, -0.05) is 317 Å². The maximum atomic E-state index is 13.0. The van der Waals surface area contributed by atoms with Crippen LogP contribution in [-0.4, -0.2) is 96.7 Å². The molecule has 0 amide bonds. The van der Waals surface area contributed by atoms with Crippen molar-refractivity contribution in [3.63, 3.8) is 0 Å². The first-order valence-corrected chi connectivity index (χ1v) is 40.1. The molecule has 90 heavy (non-hydrogen) atoms. The highest BCUT2D eigenvalue weighted by molar-refractivity contribution is 7.47. The number of aliphatic hydroxyl groups excluding tert-OH is 1. The van der Waals surface area contributed by atoms with Crippen LogP contribution >= 0.6 is 15.6 Å². The molecule has 0 spiro atoms. The molecule has 17 nitrogen and oxygen atoms in total. The van der Waals surface area contributed by atoms with Crippen LogP contribution < -0.4 is 0 Å². The molecule has 0 aliphatic heterocycles. The molecule has 0 saturated heterocycles. The molecule has 0 aromatic carbocycles. The summed E-state index contributed by atoms with van der Waals surface area (Å²) in [6, 6.07) is 0. The van der Waals surface area contributed by atoms with E-state index in [4.69, 9.17) is 37.0 Å². The van der Waals surface area contributed by atoms with Crippen molar-refractivity contribution >= 4 is 39.5 Å². The molecule has 0 aromatic heterocycles. The Bertz CT molecular complexity index is 1740. The van der Waals surface area contributed by atoms with Crippen LogP contribution in [0.2, 0.25) is 0 Å². The number of hydrogen-bond donors (Lipinski definition) is 3. The molecule has 0 aromatic rings. The summed E-state index contributed by atoms with van der Waals surface area (Å²) in [5.74, 6) is -1.38. The monoisotopic (exact) mass is 1320 g/mol. The van der Waals surface area contributed by atoms with Crippen molar-refractivity contribution in [1.82, 2.24) is 0 Å². The minimum absolute atomic E-state index is 0.106. The normalized spacial score (nSPS) is 14.1. The Kier molecular flexibility index (Phi) is 63.0. The van der Waals surface area contributed by atoms with Gasteiger partial charge in [-0.2, -0.15) is 0 Å². The summed E-state index contributed by atoms with van der Waals surface area (Å²) in [5.41, 5.74) is 0. The lowest BCUT2D eigenvalue weighted by molar-refractivity contribution is -0.161. The Morgan fingerprint density at radius 1 is 0.300 bits per heavy atom. The summed E-state index contributed by atoms with van der Waals surface area (Å²) >= 11 is 0. The van der Waals surface area contributed by atoms with Crippen LogP contribution in [0.4, 0.5) is 0 Å². The lowest BCUT2D eigenvalue weighted by atomic mass is 10.0. The van der Waals surface area contributed by atoms with E-state index in [2.05, 4.69) is 34.6 Å². The predicted octanol–water partition coefficient (Wildman–Crippen LogP) is 20.5. The van der Waals surface area contributed by atoms with Crippen molar-refractivity contribution < 1.29 is 80.2 Å². The zero-order valence-electron chi connectivity index (χ0n) is 58.3. The molecule has 0 aliphatic carbocycles. The molecule has 2 unspecified atom stereocenters. The molecular formula is C71H138O17P2. The van der Waals surface area contributed by atoms with Crippen LogP contribution in [0.15, 0.2) is 0 Å². The number of rotatable bonds is 71. The maximum Gasteiger partial charge on any atom is 0.472 e. The van der Waals surface area contributed by atoms with Crippen LogP contribution in [-0.2, 0) is 65.4 Å². The minimum atomic E-state index is -4.95. The summed E-state index contributed by atoms with van der Waals surface area (Å²) in [7, 11) is -9.90. The van der Waals surface area contributed by atoms with Crippen molar-refractivity contribution in [2.75, 3.05) is 39.6 Å². The third-order valence-corrected chi connectivity index (χ3v) is 18.4. The molecule has 0 aliphatic rings. The van der Waals surface area contributed by atoms with E-state index in [0.29, 0.717) is 25.7 Å². The minimum Gasteiger partial charge on any atom is -0.462 e. The molecule has 5 atom stereocenters. The van der Waals surface area contributed by atoms with E-state index >= 15 is 0 Å². The lowest BCUT2D eigenvalue weighted by Crippen LogP contribution is -2.30. The van der Waals surface area contributed by atoms with E-state index in [0.717, 1.165) is 95.8 Å². The van der Waals surface area contributed by atoms with Gasteiger partial charge in [0.2, 0.25) is 0 Å². The Balaban J connectivity index is 5.25. The average molecular weight is 1330 g/mol. The van der Waals surface area contributed by atoms with E-state index in [1.807, 2.05) is 0 Å². The van der Waals surface area contributed by atoms with Crippen LogP contribution in [0.1, 0.15) is 369 Å². The fourth-order valence-electron chi connectivity index (χ4n) is 10.8. The Labute approximate surface area is 549 Å². The fraction of sp³-hybridized carbons (Fsp3) is 0.944. The highest BCUT2D eigenvalue weighted by Crippen LogP contribution is 2.45. The summed E-state index contributed by atoms with van der Waals surface area (Å²) in [6.45, 7) is 7.23. The second-order valence-electron chi connectivity index (χ2n) is 26.1. The van der Waals surface area contributed by atoms with Crippen LogP contribution in [0.5, 0.6) is 0 Å². The lowest BCUT2D eigenvalue weighted by Gasteiger charge is -2.21. The number of aliphatic hydroxyl groups is 1. The Morgan fingerprint density at radius 2 is 0.511 bits per heavy atom. The van der Waals surface area contributed by atoms with Gasteiger partial charge < -0.3 is 33.8 Å².